The molecule has 8 aliphatic carbocycles. The van der Waals surface area contributed by atoms with E-state index in [-0.39, 0.29) is 11.3 Å². The minimum atomic E-state index is -0.699. The zero-order valence-corrected chi connectivity index (χ0v) is 15.1. The van der Waals surface area contributed by atoms with Crippen molar-refractivity contribution in [1.82, 2.24) is 0 Å². The van der Waals surface area contributed by atoms with E-state index in [0.29, 0.717) is 23.5 Å². The van der Waals surface area contributed by atoms with Crippen LogP contribution in [0.25, 0.3) is 0 Å². The Balaban J connectivity index is 1.40. The van der Waals surface area contributed by atoms with Crippen molar-refractivity contribution in [1.29, 1.82) is 0 Å². The van der Waals surface area contributed by atoms with Crippen LogP contribution in [0.3, 0.4) is 0 Å². The maximum atomic E-state index is 14.0. The predicted molar refractivity (Wildman–Crippen MR) is 92.7 cm³/mol. The number of carboxylic acids is 1. The average molecular weight is 342 g/mol. The van der Waals surface area contributed by atoms with Crippen LogP contribution in [0.5, 0.6) is 0 Å². The number of ketones is 1. The van der Waals surface area contributed by atoms with Crippen molar-refractivity contribution in [3.8, 4) is 0 Å². The lowest BCUT2D eigenvalue weighted by molar-refractivity contribution is -0.190. The van der Waals surface area contributed by atoms with Crippen LogP contribution in [-0.2, 0) is 9.59 Å². The van der Waals surface area contributed by atoms with Crippen molar-refractivity contribution in [2.45, 2.75) is 70.6 Å². The van der Waals surface area contributed by atoms with Gasteiger partial charge in [0.25, 0.3) is 0 Å². The lowest BCUT2D eigenvalue weighted by atomic mass is 9.40. The normalized spacial score (nSPS) is 57.8. The van der Waals surface area contributed by atoms with Crippen LogP contribution in [0.2, 0.25) is 0 Å². The summed E-state index contributed by atoms with van der Waals surface area (Å²) in [7, 11) is 0. The van der Waals surface area contributed by atoms with E-state index in [2.05, 4.69) is 0 Å². The molecule has 25 heavy (non-hydrogen) atoms. The number of hydrogen-bond acceptors (Lipinski definition) is 2. The van der Waals surface area contributed by atoms with E-state index in [1.807, 2.05) is 0 Å². The third-order valence-electron chi connectivity index (χ3n) is 9.58. The molecule has 0 spiro atoms. The number of aliphatic carboxylic acids is 1. The molecule has 0 aromatic rings. The minimum Gasteiger partial charge on any atom is -0.481 e. The van der Waals surface area contributed by atoms with Crippen LogP contribution in [0.15, 0.2) is 0 Å². The fourth-order valence-electron chi connectivity index (χ4n) is 9.56. The summed E-state index contributed by atoms with van der Waals surface area (Å²) in [6, 6.07) is 0. The second-order valence-corrected chi connectivity index (χ2v) is 11.1. The molecular formula is C22H30O3. The second-order valence-electron chi connectivity index (χ2n) is 11.1. The number of rotatable bonds is 3. The van der Waals surface area contributed by atoms with E-state index in [1.165, 1.54) is 25.7 Å². The van der Waals surface area contributed by atoms with Gasteiger partial charge < -0.3 is 5.11 Å². The summed E-state index contributed by atoms with van der Waals surface area (Å²) < 4.78 is 0. The highest BCUT2D eigenvalue weighted by molar-refractivity contribution is 5.93. The van der Waals surface area contributed by atoms with Crippen LogP contribution < -0.4 is 0 Å². The third-order valence-corrected chi connectivity index (χ3v) is 9.58. The van der Waals surface area contributed by atoms with E-state index >= 15 is 0 Å². The first kappa shape index (κ1) is 15.2. The molecule has 8 saturated carbocycles. The number of Topliss-reactive ketones (excluding diaryl/α,β-unsaturated/α-hetero) is 1. The quantitative estimate of drug-likeness (QED) is 0.832. The Morgan fingerprint density at radius 1 is 0.680 bits per heavy atom. The van der Waals surface area contributed by atoms with Crippen LogP contribution in [0, 0.1) is 52.3 Å². The Labute approximate surface area is 149 Å². The van der Waals surface area contributed by atoms with Crippen LogP contribution in [-0.4, -0.2) is 16.9 Å². The minimum absolute atomic E-state index is 0.128. The molecule has 136 valence electrons. The van der Waals surface area contributed by atoms with Gasteiger partial charge in [-0.3, -0.25) is 9.59 Å². The fraction of sp³-hybridized carbons (Fsp3) is 0.909. The van der Waals surface area contributed by atoms with Crippen molar-refractivity contribution in [2.24, 2.45) is 52.3 Å². The van der Waals surface area contributed by atoms with Gasteiger partial charge in [0.15, 0.2) is 0 Å². The van der Waals surface area contributed by atoms with Crippen molar-refractivity contribution in [2.75, 3.05) is 0 Å². The first-order valence-electron chi connectivity index (χ1n) is 10.8. The largest absolute Gasteiger partial charge is 0.481 e. The summed E-state index contributed by atoms with van der Waals surface area (Å²) in [6.07, 6.45) is 12.4. The zero-order valence-electron chi connectivity index (χ0n) is 15.1. The van der Waals surface area contributed by atoms with E-state index in [4.69, 9.17) is 0 Å². The molecule has 0 aromatic heterocycles. The van der Waals surface area contributed by atoms with Crippen molar-refractivity contribution in [3.05, 3.63) is 0 Å². The molecule has 8 aliphatic rings. The summed E-state index contributed by atoms with van der Waals surface area (Å²) in [5, 5.41) is 10.2. The van der Waals surface area contributed by atoms with Gasteiger partial charge in [0.05, 0.1) is 5.41 Å². The molecule has 3 heteroatoms. The lowest BCUT2D eigenvalue weighted by Gasteiger charge is -2.62. The molecule has 3 unspecified atom stereocenters. The Bertz CT molecular complexity index is 600. The number of carbonyl (C=O) groups is 2. The molecule has 8 bridgehead atoms. The predicted octanol–water partition coefficient (Wildman–Crippen LogP) is 4.30. The first-order valence-corrected chi connectivity index (χ1v) is 10.8. The molecule has 0 aromatic carbocycles. The van der Waals surface area contributed by atoms with E-state index in [0.717, 1.165) is 62.7 Å². The molecule has 3 nitrogen and oxygen atoms in total. The smallest absolute Gasteiger partial charge is 0.310 e. The number of hydrogen-bond donors (Lipinski definition) is 1. The third kappa shape index (κ3) is 1.88. The van der Waals surface area contributed by atoms with Crippen LogP contribution >= 0.6 is 0 Å². The van der Waals surface area contributed by atoms with Gasteiger partial charge in [-0.15, -0.1) is 0 Å². The summed E-state index contributed by atoms with van der Waals surface area (Å²) in [5.41, 5.74) is -0.827. The molecular weight excluding hydrogens is 312 g/mol. The fourth-order valence-corrected chi connectivity index (χ4v) is 9.56. The Morgan fingerprint density at radius 3 is 1.56 bits per heavy atom. The summed E-state index contributed by atoms with van der Waals surface area (Å²) in [6.45, 7) is 0. The van der Waals surface area contributed by atoms with Gasteiger partial charge in [-0.05, 0) is 106 Å². The zero-order chi connectivity index (χ0) is 17.0. The standard InChI is InChI=1S/C22H30O3/c23-19(21-7-12-1-13(8-21)3-14(2-12)9-21)18-17-5-15-4-16(6-17)11-22(18,10-15)20(24)25/h12-18H,1-11H2,(H,24,25). The van der Waals surface area contributed by atoms with Crippen LogP contribution in [0.1, 0.15) is 70.6 Å². The van der Waals surface area contributed by atoms with Gasteiger partial charge in [0, 0.05) is 11.3 Å². The molecule has 8 rings (SSSR count). The maximum absolute atomic E-state index is 14.0. The lowest BCUT2D eigenvalue weighted by Crippen LogP contribution is -2.62. The summed E-state index contributed by atoms with van der Waals surface area (Å²) in [5.74, 6) is 3.43. The van der Waals surface area contributed by atoms with E-state index in [9.17, 15) is 14.7 Å². The molecule has 0 heterocycles. The van der Waals surface area contributed by atoms with Crippen LogP contribution in [0.4, 0.5) is 0 Å². The Morgan fingerprint density at radius 2 is 1.12 bits per heavy atom. The van der Waals surface area contributed by atoms with E-state index < -0.39 is 11.4 Å². The first-order chi connectivity index (χ1) is 12.0. The van der Waals surface area contributed by atoms with Crippen molar-refractivity contribution >= 4 is 11.8 Å². The highest BCUT2D eigenvalue weighted by atomic mass is 16.4. The second kappa shape index (κ2) is 4.70. The Kier molecular flexibility index (Phi) is 2.86. The van der Waals surface area contributed by atoms with Crippen molar-refractivity contribution < 1.29 is 14.7 Å². The number of carbonyl (C=O) groups excluding carboxylic acids is 1. The molecule has 0 aliphatic heterocycles. The van der Waals surface area contributed by atoms with Crippen molar-refractivity contribution in [3.63, 3.8) is 0 Å². The monoisotopic (exact) mass is 342 g/mol. The summed E-state index contributed by atoms with van der Waals surface area (Å²) >= 11 is 0. The maximum Gasteiger partial charge on any atom is 0.310 e. The van der Waals surface area contributed by atoms with E-state index in [1.54, 1.807) is 0 Å². The molecule has 0 saturated heterocycles. The average Bonchev–Trinajstić information content (AvgIpc) is 2.52. The topological polar surface area (TPSA) is 54.4 Å². The van der Waals surface area contributed by atoms with Gasteiger partial charge in [0.1, 0.15) is 5.78 Å². The van der Waals surface area contributed by atoms with Gasteiger partial charge in [-0.2, -0.15) is 0 Å². The highest BCUT2D eigenvalue weighted by Crippen LogP contribution is 2.67. The molecule has 1 N–H and O–H groups in total. The number of carboxylic acid groups (broad SMARTS) is 1. The summed E-state index contributed by atoms with van der Waals surface area (Å²) in [4.78, 5) is 26.5. The van der Waals surface area contributed by atoms with Gasteiger partial charge in [-0.1, -0.05) is 0 Å². The highest BCUT2D eigenvalue weighted by Gasteiger charge is 2.66. The molecule has 8 fully saturated rings. The molecule has 0 amide bonds. The Hall–Kier alpha value is -0.860. The molecule has 0 radical (unpaired) electrons. The van der Waals surface area contributed by atoms with Gasteiger partial charge in [0.2, 0.25) is 0 Å². The molecule has 3 atom stereocenters. The SMILES string of the molecule is O=C(C1C2CC3CC(C2)CC1(C(=O)O)C3)C12CC3CC(CC(C3)C1)C2. The van der Waals surface area contributed by atoms with Gasteiger partial charge in [-0.25, -0.2) is 0 Å². The van der Waals surface area contributed by atoms with Gasteiger partial charge >= 0.3 is 5.97 Å².